The summed E-state index contributed by atoms with van der Waals surface area (Å²) in [4.78, 5) is 9.16. The van der Waals surface area contributed by atoms with Gasteiger partial charge in [0.1, 0.15) is 0 Å². The second-order valence-electron chi connectivity index (χ2n) is 8.49. The second-order valence-corrected chi connectivity index (χ2v) is 8.49. The topological polar surface area (TPSA) is 35.0 Å². The number of benzene rings is 4. The number of nitrogens with zero attached hydrogens (tertiary/aromatic N) is 2. The molecular formula is C34H22N2OPd. The summed E-state index contributed by atoms with van der Waals surface area (Å²) in [6.07, 6.45) is 3.58. The maximum Gasteiger partial charge on any atom is 2.00 e. The predicted molar refractivity (Wildman–Crippen MR) is 148 cm³/mol. The maximum atomic E-state index is 6.32. The quantitative estimate of drug-likeness (QED) is 0.146. The van der Waals surface area contributed by atoms with Crippen LogP contribution in [0, 0.1) is 12.1 Å². The van der Waals surface area contributed by atoms with E-state index in [2.05, 4.69) is 58.5 Å². The van der Waals surface area contributed by atoms with Crippen LogP contribution >= 0.6 is 0 Å². The Hall–Kier alpha value is -4.36. The second kappa shape index (κ2) is 11.8. The predicted octanol–water partition coefficient (Wildman–Crippen LogP) is 8.53. The van der Waals surface area contributed by atoms with E-state index in [0.29, 0.717) is 11.5 Å². The Morgan fingerprint density at radius 2 is 0.868 bits per heavy atom. The SMILES string of the molecule is [Pd+2].[c-]1c(Oc2[c-]c(-c3ccccn3)c(-c3ccccc3)cc2)ccc(-c2ccccc2)c1-c1ccccn1. The molecule has 0 saturated heterocycles. The molecule has 0 aliphatic rings. The van der Waals surface area contributed by atoms with Crippen molar-refractivity contribution in [2.45, 2.75) is 0 Å². The molecule has 38 heavy (non-hydrogen) atoms. The van der Waals surface area contributed by atoms with E-state index in [1.54, 1.807) is 12.4 Å². The Balaban J connectivity index is 0.00000294. The first-order valence-electron chi connectivity index (χ1n) is 12.1. The van der Waals surface area contributed by atoms with Crippen LogP contribution < -0.4 is 4.74 Å². The van der Waals surface area contributed by atoms with Gasteiger partial charge in [0, 0.05) is 23.9 Å². The van der Waals surface area contributed by atoms with Crippen LogP contribution in [-0.2, 0) is 20.4 Å². The minimum atomic E-state index is 0. The third kappa shape index (κ3) is 5.48. The number of hydrogen-bond donors (Lipinski definition) is 0. The van der Waals surface area contributed by atoms with E-state index in [0.717, 1.165) is 44.8 Å². The standard InChI is InChI=1S/C34H22N2O.Pd/c1-3-11-25(12-4-1)29-19-17-27(23-31(29)33-15-7-9-21-35-33)37-28-18-20-30(26-13-5-2-6-14-26)32(24-28)34-16-8-10-22-36-34;/h1-22H;/q-2;+2. The molecule has 6 aromatic rings. The Morgan fingerprint density at radius 3 is 1.26 bits per heavy atom. The molecule has 6 rings (SSSR count). The van der Waals surface area contributed by atoms with Gasteiger partial charge in [0.15, 0.2) is 0 Å². The Labute approximate surface area is 236 Å². The Kier molecular flexibility index (Phi) is 7.85. The number of aromatic nitrogens is 2. The van der Waals surface area contributed by atoms with Crippen molar-refractivity contribution in [2.75, 3.05) is 0 Å². The van der Waals surface area contributed by atoms with Gasteiger partial charge in [-0.25, -0.2) is 0 Å². The van der Waals surface area contributed by atoms with E-state index in [-0.39, 0.29) is 20.4 Å². The van der Waals surface area contributed by atoms with E-state index in [1.807, 2.05) is 84.9 Å². The van der Waals surface area contributed by atoms with Crippen molar-refractivity contribution in [1.29, 1.82) is 0 Å². The molecule has 3 nitrogen and oxygen atoms in total. The third-order valence-corrected chi connectivity index (χ3v) is 6.07. The van der Waals surface area contributed by atoms with Gasteiger partial charge in [0.05, 0.1) is 0 Å². The monoisotopic (exact) mass is 580 g/mol. The molecule has 0 aliphatic heterocycles. The molecule has 0 radical (unpaired) electrons. The zero-order valence-electron chi connectivity index (χ0n) is 20.3. The molecule has 2 aromatic heterocycles. The molecule has 0 unspecified atom stereocenters. The van der Waals surface area contributed by atoms with Crippen molar-refractivity contribution in [3.63, 3.8) is 0 Å². The first-order chi connectivity index (χ1) is 18.3. The fourth-order valence-corrected chi connectivity index (χ4v) is 4.33. The molecule has 0 atom stereocenters. The van der Waals surface area contributed by atoms with E-state index in [4.69, 9.17) is 4.74 Å². The van der Waals surface area contributed by atoms with Gasteiger partial charge in [0.25, 0.3) is 0 Å². The Bertz CT molecular complexity index is 1500. The van der Waals surface area contributed by atoms with Crippen LogP contribution in [0.2, 0.25) is 0 Å². The van der Waals surface area contributed by atoms with Gasteiger partial charge >= 0.3 is 20.4 Å². The Morgan fingerprint density at radius 1 is 0.447 bits per heavy atom. The summed E-state index contributed by atoms with van der Waals surface area (Å²) in [7, 11) is 0. The summed E-state index contributed by atoms with van der Waals surface area (Å²) in [5.41, 5.74) is 7.73. The van der Waals surface area contributed by atoms with Gasteiger partial charge in [-0.05, 0) is 23.5 Å². The zero-order chi connectivity index (χ0) is 24.9. The summed E-state index contributed by atoms with van der Waals surface area (Å²) >= 11 is 0. The summed E-state index contributed by atoms with van der Waals surface area (Å²) in [5.74, 6) is 1.19. The van der Waals surface area contributed by atoms with Crippen LogP contribution in [0.4, 0.5) is 0 Å². The van der Waals surface area contributed by atoms with Crippen LogP contribution in [0.25, 0.3) is 44.8 Å². The van der Waals surface area contributed by atoms with Crippen LogP contribution in [0.5, 0.6) is 11.5 Å². The van der Waals surface area contributed by atoms with Crippen LogP contribution in [0.15, 0.2) is 134 Å². The maximum absolute atomic E-state index is 6.32. The van der Waals surface area contributed by atoms with Gasteiger partial charge in [-0.3, -0.25) is 0 Å². The summed E-state index contributed by atoms with van der Waals surface area (Å²) < 4.78 is 6.32. The van der Waals surface area contributed by atoms with Crippen molar-refractivity contribution in [3.05, 3.63) is 146 Å². The fraction of sp³-hybridized carbons (Fsp3) is 0. The molecule has 0 amide bonds. The molecule has 0 bridgehead atoms. The van der Waals surface area contributed by atoms with E-state index in [9.17, 15) is 0 Å². The van der Waals surface area contributed by atoms with Gasteiger partial charge in [-0.15, -0.1) is 23.3 Å². The molecule has 0 saturated carbocycles. The van der Waals surface area contributed by atoms with Gasteiger partial charge in [-0.1, -0.05) is 131 Å². The normalized spacial score (nSPS) is 10.4. The van der Waals surface area contributed by atoms with Gasteiger partial charge in [-0.2, -0.15) is 0 Å². The molecule has 2 heterocycles. The largest absolute Gasteiger partial charge is 2.00 e. The molecule has 0 spiro atoms. The molecule has 4 heteroatoms. The molecule has 0 fully saturated rings. The first kappa shape index (κ1) is 25.3. The number of rotatable bonds is 6. The van der Waals surface area contributed by atoms with Crippen molar-refractivity contribution >= 4 is 0 Å². The first-order valence-corrected chi connectivity index (χ1v) is 12.1. The number of ether oxygens (including phenoxy) is 1. The number of hydrogen-bond acceptors (Lipinski definition) is 3. The van der Waals surface area contributed by atoms with E-state index < -0.39 is 0 Å². The van der Waals surface area contributed by atoms with Gasteiger partial charge < -0.3 is 14.7 Å². The summed E-state index contributed by atoms with van der Waals surface area (Å²) in [6.45, 7) is 0. The van der Waals surface area contributed by atoms with Gasteiger partial charge in [0.2, 0.25) is 0 Å². The summed E-state index contributed by atoms with van der Waals surface area (Å²) in [6, 6.07) is 47.2. The van der Waals surface area contributed by atoms with Crippen molar-refractivity contribution in [2.24, 2.45) is 0 Å². The summed E-state index contributed by atoms with van der Waals surface area (Å²) in [5, 5.41) is 0. The minimum Gasteiger partial charge on any atom is -0.497 e. The molecular weight excluding hydrogens is 559 g/mol. The average Bonchev–Trinajstić information content (AvgIpc) is 2.99. The smallest absolute Gasteiger partial charge is 0.497 e. The zero-order valence-corrected chi connectivity index (χ0v) is 21.9. The van der Waals surface area contributed by atoms with Crippen molar-refractivity contribution in [1.82, 2.24) is 9.97 Å². The molecule has 0 aliphatic carbocycles. The van der Waals surface area contributed by atoms with E-state index in [1.165, 1.54) is 0 Å². The average molecular weight is 581 g/mol. The minimum absolute atomic E-state index is 0. The van der Waals surface area contributed by atoms with Crippen LogP contribution in [0.3, 0.4) is 0 Å². The molecule has 184 valence electrons. The molecule has 4 aromatic carbocycles. The van der Waals surface area contributed by atoms with Crippen LogP contribution in [-0.4, -0.2) is 9.97 Å². The fourth-order valence-electron chi connectivity index (χ4n) is 4.33. The van der Waals surface area contributed by atoms with Crippen molar-refractivity contribution < 1.29 is 25.2 Å². The van der Waals surface area contributed by atoms with Crippen molar-refractivity contribution in [3.8, 4) is 56.3 Å². The third-order valence-electron chi connectivity index (χ3n) is 6.07. The number of pyridine rings is 2. The van der Waals surface area contributed by atoms with Crippen LogP contribution in [0.1, 0.15) is 0 Å². The van der Waals surface area contributed by atoms with E-state index >= 15 is 0 Å². The molecule has 0 N–H and O–H groups in total.